The Morgan fingerprint density at radius 2 is 1.90 bits per heavy atom. The molecule has 108 valence electrons. The van der Waals surface area contributed by atoms with Gasteiger partial charge in [0.05, 0.1) is 6.04 Å². The van der Waals surface area contributed by atoms with Crippen molar-refractivity contribution in [1.29, 1.82) is 0 Å². The molecule has 0 saturated carbocycles. The number of hydrogen-bond acceptors (Lipinski definition) is 2. The highest BCUT2D eigenvalue weighted by Crippen LogP contribution is 2.37. The van der Waals surface area contributed by atoms with Gasteiger partial charge in [-0.05, 0) is 36.7 Å². The molecule has 4 heteroatoms. The normalized spacial score (nSPS) is 13.5. The first-order chi connectivity index (χ1) is 9.34. The van der Waals surface area contributed by atoms with E-state index in [9.17, 15) is 4.39 Å². The highest BCUT2D eigenvalue weighted by Gasteiger charge is 2.23. The maximum Gasteiger partial charge on any atom is 0.129 e. The molecule has 0 aliphatic rings. The summed E-state index contributed by atoms with van der Waals surface area (Å²) in [5.74, 6) is -0.275. The topological polar surface area (TPSA) is 12.0 Å². The molecule has 1 aromatic carbocycles. The third-order valence-electron chi connectivity index (χ3n) is 3.23. The summed E-state index contributed by atoms with van der Waals surface area (Å²) in [5.41, 5.74) is 0.610. The predicted octanol–water partition coefficient (Wildman–Crippen LogP) is 5.15. The van der Waals surface area contributed by atoms with Crippen LogP contribution in [-0.2, 0) is 5.41 Å². The summed E-state index contributed by atoms with van der Waals surface area (Å²) in [6, 6.07) is 8.74. The summed E-state index contributed by atoms with van der Waals surface area (Å²) in [6.07, 6.45) is 0. The van der Waals surface area contributed by atoms with E-state index < -0.39 is 0 Å². The minimum atomic E-state index is -0.275. The highest BCUT2D eigenvalue weighted by molar-refractivity contribution is 7.12. The summed E-state index contributed by atoms with van der Waals surface area (Å²) in [5, 5.41) is 3.62. The summed E-state index contributed by atoms with van der Waals surface area (Å²) < 4.78 is 14.1. The van der Waals surface area contributed by atoms with E-state index >= 15 is 0 Å². The third-order valence-corrected chi connectivity index (χ3v) is 5.13. The number of hydrogen-bond donors (Lipinski definition) is 1. The number of thiophene rings is 1. The molecule has 2 aromatic rings. The molecule has 0 saturated heterocycles. The van der Waals surface area contributed by atoms with Gasteiger partial charge in [0.15, 0.2) is 0 Å². The van der Waals surface area contributed by atoms with Gasteiger partial charge in [0.25, 0.3) is 0 Å². The molecular weight excluding hydrogens is 293 g/mol. The number of halogens is 2. The fourth-order valence-electron chi connectivity index (χ4n) is 2.13. The first-order valence-electron chi connectivity index (χ1n) is 6.56. The zero-order chi connectivity index (χ0) is 14.9. The lowest BCUT2D eigenvalue weighted by Gasteiger charge is -2.18. The van der Waals surface area contributed by atoms with Crippen LogP contribution in [0.4, 0.5) is 4.39 Å². The van der Waals surface area contributed by atoms with Crippen LogP contribution >= 0.6 is 22.9 Å². The van der Waals surface area contributed by atoms with Crippen molar-refractivity contribution in [2.45, 2.75) is 32.2 Å². The fraction of sp³-hybridized carbons (Fsp3) is 0.375. The van der Waals surface area contributed by atoms with Gasteiger partial charge in [-0.25, -0.2) is 4.39 Å². The smallest absolute Gasteiger partial charge is 0.129 e. The van der Waals surface area contributed by atoms with E-state index in [1.54, 1.807) is 23.5 Å². The van der Waals surface area contributed by atoms with Crippen LogP contribution in [0.25, 0.3) is 0 Å². The predicted molar refractivity (Wildman–Crippen MR) is 85.3 cm³/mol. The average Bonchev–Trinajstić information content (AvgIpc) is 2.83. The van der Waals surface area contributed by atoms with Gasteiger partial charge in [-0.2, -0.15) is 0 Å². The Morgan fingerprint density at radius 1 is 1.20 bits per heavy atom. The van der Waals surface area contributed by atoms with Crippen molar-refractivity contribution < 1.29 is 4.39 Å². The van der Waals surface area contributed by atoms with E-state index in [0.717, 1.165) is 4.88 Å². The van der Waals surface area contributed by atoms with Crippen LogP contribution in [0.5, 0.6) is 0 Å². The van der Waals surface area contributed by atoms with Gasteiger partial charge in [0, 0.05) is 20.3 Å². The molecule has 1 unspecified atom stereocenters. The Kier molecular flexibility index (Phi) is 4.52. The van der Waals surface area contributed by atoms with Crippen LogP contribution in [-0.4, -0.2) is 7.05 Å². The minimum absolute atomic E-state index is 0.0975. The zero-order valence-corrected chi connectivity index (χ0v) is 13.7. The van der Waals surface area contributed by atoms with Crippen molar-refractivity contribution in [3.63, 3.8) is 0 Å². The van der Waals surface area contributed by atoms with Gasteiger partial charge >= 0.3 is 0 Å². The van der Waals surface area contributed by atoms with Crippen LogP contribution < -0.4 is 5.32 Å². The maximum absolute atomic E-state index is 14.1. The van der Waals surface area contributed by atoms with Crippen molar-refractivity contribution in [3.05, 3.63) is 56.5 Å². The molecule has 0 bridgehead atoms. The lowest BCUT2D eigenvalue weighted by Crippen LogP contribution is -2.18. The van der Waals surface area contributed by atoms with Crippen LogP contribution in [0.15, 0.2) is 30.3 Å². The average molecular weight is 312 g/mol. The molecular formula is C16H19ClFNS. The SMILES string of the molecule is CNC(c1ccc(C(C)(C)C)s1)c1c(F)cccc1Cl. The van der Waals surface area contributed by atoms with Crippen LogP contribution in [0.2, 0.25) is 5.02 Å². The van der Waals surface area contributed by atoms with E-state index in [0.29, 0.717) is 10.6 Å². The summed E-state index contributed by atoms with van der Waals surface area (Å²) in [7, 11) is 1.82. The molecule has 2 rings (SSSR count). The molecule has 0 radical (unpaired) electrons. The second-order valence-electron chi connectivity index (χ2n) is 5.81. The highest BCUT2D eigenvalue weighted by atomic mass is 35.5. The molecule has 1 aromatic heterocycles. The largest absolute Gasteiger partial charge is 0.309 e. The van der Waals surface area contributed by atoms with E-state index in [1.165, 1.54) is 10.9 Å². The van der Waals surface area contributed by atoms with Crippen LogP contribution in [0.1, 0.15) is 42.1 Å². The first kappa shape index (κ1) is 15.5. The monoisotopic (exact) mass is 311 g/mol. The van der Waals surface area contributed by atoms with Crippen LogP contribution in [0, 0.1) is 5.82 Å². The number of benzene rings is 1. The molecule has 20 heavy (non-hydrogen) atoms. The summed E-state index contributed by atoms with van der Waals surface area (Å²) >= 11 is 7.87. The second kappa shape index (κ2) is 5.84. The van der Waals surface area contributed by atoms with Crippen molar-refractivity contribution in [2.24, 2.45) is 0 Å². The number of nitrogens with one attached hydrogen (secondary N) is 1. The van der Waals surface area contributed by atoms with Gasteiger partial charge in [-0.1, -0.05) is 38.4 Å². The minimum Gasteiger partial charge on any atom is -0.309 e. The molecule has 1 N–H and O–H groups in total. The van der Waals surface area contributed by atoms with Crippen molar-refractivity contribution in [3.8, 4) is 0 Å². The second-order valence-corrected chi connectivity index (χ2v) is 7.33. The van der Waals surface area contributed by atoms with E-state index in [4.69, 9.17) is 11.6 Å². The Labute approximate surface area is 128 Å². The van der Waals surface area contributed by atoms with E-state index in [1.807, 2.05) is 7.05 Å². The Hall–Kier alpha value is -0.900. The third kappa shape index (κ3) is 3.05. The van der Waals surface area contributed by atoms with Gasteiger partial charge in [0.2, 0.25) is 0 Å². The Balaban J connectivity index is 2.45. The lowest BCUT2D eigenvalue weighted by molar-refractivity contribution is 0.579. The molecule has 0 amide bonds. The van der Waals surface area contributed by atoms with E-state index in [2.05, 4.69) is 38.2 Å². The van der Waals surface area contributed by atoms with Gasteiger partial charge in [-0.3, -0.25) is 0 Å². The maximum atomic E-state index is 14.1. The summed E-state index contributed by atoms with van der Waals surface area (Å²) in [6.45, 7) is 6.52. The van der Waals surface area contributed by atoms with Crippen molar-refractivity contribution in [2.75, 3.05) is 7.05 Å². The van der Waals surface area contributed by atoms with Crippen molar-refractivity contribution >= 4 is 22.9 Å². The Morgan fingerprint density at radius 3 is 2.40 bits per heavy atom. The summed E-state index contributed by atoms with van der Waals surface area (Å²) in [4.78, 5) is 2.35. The van der Waals surface area contributed by atoms with E-state index in [-0.39, 0.29) is 17.3 Å². The standard InChI is InChI=1S/C16H19ClFNS/c1-16(2,3)13-9-8-12(20-13)15(19-4)14-10(17)6-5-7-11(14)18/h5-9,15,19H,1-4H3. The lowest BCUT2D eigenvalue weighted by atomic mass is 9.95. The molecule has 1 heterocycles. The van der Waals surface area contributed by atoms with Gasteiger partial charge in [-0.15, -0.1) is 11.3 Å². The molecule has 0 fully saturated rings. The molecule has 1 atom stereocenters. The molecule has 0 spiro atoms. The van der Waals surface area contributed by atoms with Gasteiger partial charge in [0.1, 0.15) is 5.82 Å². The zero-order valence-electron chi connectivity index (χ0n) is 12.1. The number of rotatable bonds is 3. The Bertz CT molecular complexity index is 581. The molecule has 0 aliphatic carbocycles. The quantitative estimate of drug-likeness (QED) is 0.827. The fourth-order valence-corrected chi connectivity index (χ4v) is 3.58. The molecule has 1 nitrogen and oxygen atoms in total. The first-order valence-corrected chi connectivity index (χ1v) is 7.75. The van der Waals surface area contributed by atoms with Crippen LogP contribution in [0.3, 0.4) is 0 Å². The molecule has 0 aliphatic heterocycles. The van der Waals surface area contributed by atoms with Crippen molar-refractivity contribution in [1.82, 2.24) is 5.32 Å². The van der Waals surface area contributed by atoms with Gasteiger partial charge < -0.3 is 5.32 Å².